The van der Waals surface area contributed by atoms with Crippen molar-refractivity contribution in [2.75, 3.05) is 17.8 Å². The third-order valence-electron chi connectivity index (χ3n) is 2.42. The van der Waals surface area contributed by atoms with Gasteiger partial charge < -0.3 is 0 Å². The second-order valence-corrected chi connectivity index (χ2v) is 7.97. The van der Waals surface area contributed by atoms with E-state index in [2.05, 4.69) is 0 Å². The molecule has 6 heteroatoms. The number of hydrogen-bond acceptors (Lipinski definition) is 4. The topological polar surface area (TPSA) is 75.0 Å². The summed E-state index contributed by atoms with van der Waals surface area (Å²) >= 11 is 0. The standard InChI is InChI=1S/C12H15NO3S2/c1-18(15,16)10-9-17(14)12(7-8-13)11-5-3-2-4-6-11/h2-6,12H,7,9-10H2,1H3. The highest BCUT2D eigenvalue weighted by Crippen LogP contribution is 2.23. The van der Waals surface area contributed by atoms with E-state index < -0.39 is 25.9 Å². The van der Waals surface area contributed by atoms with E-state index in [1.165, 1.54) is 0 Å². The van der Waals surface area contributed by atoms with Crippen molar-refractivity contribution in [3.8, 4) is 6.07 Å². The largest absolute Gasteiger partial charge is 0.259 e. The molecule has 98 valence electrons. The van der Waals surface area contributed by atoms with Crippen LogP contribution in [0.1, 0.15) is 17.2 Å². The molecular formula is C12H15NO3S2. The van der Waals surface area contributed by atoms with E-state index in [1.54, 1.807) is 12.1 Å². The molecule has 0 aliphatic rings. The maximum absolute atomic E-state index is 12.1. The molecule has 0 spiro atoms. The molecule has 2 unspecified atom stereocenters. The number of hydrogen-bond donors (Lipinski definition) is 0. The molecule has 0 aliphatic carbocycles. The SMILES string of the molecule is CS(=O)(=O)CCS(=O)C(CC#N)c1ccccc1. The molecule has 1 aromatic carbocycles. The Kier molecular flexibility index (Phi) is 5.51. The van der Waals surface area contributed by atoms with E-state index in [0.29, 0.717) is 0 Å². The predicted octanol–water partition coefficient (Wildman–Crippen LogP) is 1.43. The zero-order chi connectivity index (χ0) is 13.6. The van der Waals surface area contributed by atoms with Gasteiger partial charge >= 0.3 is 0 Å². The number of nitriles is 1. The Morgan fingerprint density at radius 3 is 2.44 bits per heavy atom. The number of sulfone groups is 1. The van der Waals surface area contributed by atoms with Crippen molar-refractivity contribution in [3.63, 3.8) is 0 Å². The van der Waals surface area contributed by atoms with Crippen LogP contribution in [0.2, 0.25) is 0 Å². The molecule has 0 bridgehead atoms. The summed E-state index contributed by atoms with van der Waals surface area (Å²) in [6.45, 7) is 0. The van der Waals surface area contributed by atoms with Gasteiger partial charge in [0.15, 0.2) is 0 Å². The maximum atomic E-state index is 12.1. The predicted molar refractivity (Wildman–Crippen MR) is 72.1 cm³/mol. The van der Waals surface area contributed by atoms with Crippen LogP contribution in [0.25, 0.3) is 0 Å². The van der Waals surface area contributed by atoms with E-state index in [1.807, 2.05) is 24.3 Å². The van der Waals surface area contributed by atoms with E-state index in [4.69, 9.17) is 5.26 Å². The van der Waals surface area contributed by atoms with Crippen molar-refractivity contribution in [2.24, 2.45) is 0 Å². The summed E-state index contributed by atoms with van der Waals surface area (Å²) < 4.78 is 34.2. The summed E-state index contributed by atoms with van der Waals surface area (Å²) in [4.78, 5) is 0. The average molecular weight is 285 g/mol. The van der Waals surface area contributed by atoms with E-state index in [0.717, 1.165) is 11.8 Å². The van der Waals surface area contributed by atoms with Gasteiger partial charge in [0.1, 0.15) is 9.84 Å². The molecule has 0 aromatic heterocycles. The summed E-state index contributed by atoms with van der Waals surface area (Å²) in [7, 11) is -4.48. The third kappa shape index (κ3) is 4.98. The lowest BCUT2D eigenvalue weighted by atomic mass is 10.1. The molecule has 4 nitrogen and oxygen atoms in total. The first kappa shape index (κ1) is 14.9. The first-order chi connectivity index (χ1) is 8.44. The molecule has 0 heterocycles. The monoisotopic (exact) mass is 285 g/mol. The smallest absolute Gasteiger partial charge is 0.148 e. The van der Waals surface area contributed by atoms with Gasteiger partial charge in [-0.2, -0.15) is 5.26 Å². The Morgan fingerprint density at radius 1 is 1.33 bits per heavy atom. The lowest BCUT2D eigenvalue weighted by Gasteiger charge is -2.13. The van der Waals surface area contributed by atoms with Crippen LogP contribution in [-0.4, -0.2) is 30.4 Å². The average Bonchev–Trinajstić information content (AvgIpc) is 2.33. The van der Waals surface area contributed by atoms with Gasteiger partial charge in [0, 0.05) is 22.8 Å². The van der Waals surface area contributed by atoms with Crippen LogP contribution >= 0.6 is 0 Å². The second kappa shape index (κ2) is 6.66. The molecule has 0 saturated carbocycles. The molecule has 18 heavy (non-hydrogen) atoms. The first-order valence-corrected chi connectivity index (χ1v) is 8.85. The Labute approximate surface area is 110 Å². The molecule has 1 rings (SSSR count). The number of benzene rings is 1. The highest BCUT2D eigenvalue weighted by Gasteiger charge is 2.19. The van der Waals surface area contributed by atoms with Crippen LogP contribution in [0.5, 0.6) is 0 Å². The lowest BCUT2D eigenvalue weighted by molar-refractivity contribution is 0.602. The summed E-state index contributed by atoms with van der Waals surface area (Å²) in [5.41, 5.74) is 0.811. The zero-order valence-corrected chi connectivity index (χ0v) is 11.7. The Hall–Kier alpha value is -1.19. The van der Waals surface area contributed by atoms with Gasteiger partial charge in [-0.15, -0.1) is 0 Å². The molecule has 0 radical (unpaired) electrons. The van der Waals surface area contributed by atoms with Crippen molar-refractivity contribution in [3.05, 3.63) is 35.9 Å². The third-order valence-corrected chi connectivity index (χ3v) is 5.30. The van der Waals surface area contributed by atoms with Gasteiger partial charge in [-0.3, -0.25) is 4.21 Å². The summed E-state index contributed by atoms with van der Waals surface area (Å²) in [5.74, 6) is -0.0472. The van der Waals surface area contributed by atoms with Crippen LogP contribution in [0.15, 0.2) is 30.3 Å². The summed E-state index contributed by atoms with van der Waals surface area (Å²) in [6.07, 6.45) is 1.24. The van der Waals surface area contributed by atoms with Gasteiger partial charge in [0.2, 0.25) is 0 Å². The fourth-order valence-electron chi connectivity index (χ4n) is 1.49. The van der Waals surface area contributed by atoms with Crippen LogP contribution in [-0.2, 0) is 20.6 Å². The quantitative estimate of drug-likeness (QED) is 0.792. The van der Waals surface area contributed by atoms with Crippen molar-refractivity contribution >= 4 is 20.6 Å². The number of rotatable bonds is 6. The van der Waals surface area contributed by atoms with Crippen LogP contribution in [0.4, 0.5) is 0 Å². The van der Waals surface area contributed by atoms with Crippen molar-refractivity contribution < 1.29 is 12.6 Å². The fraction of sp³-hybridized carbons (Fsp3) is 0.417. The van der Waals surface area contributed by atoms with Gasteiger partial charge in [-0.05, 0) is 5.56 Å². The first-order valence-electron chi connectivity index (χ1n) is 5.41. The van der Waals surface area contributed by atoms with Gasteiger partial charge in [0.25, 0.3) is 0 Å². The van der Waals surface area contributed by atoms with E-state index >= 15 is 0 Å². The summed E-state index contributed by atoms with van der Waals surface area (Å²) in [6, 6.07) is 11.1. The molecule has 0 saturated heterocycles. The number of nitrogens with zero attached hydrogens (tertiary/aromatic N) is 1. The Morgan fingerprint density at radius 2 is 1.94 bits per heavy atom. The van der Waals surface area contributed by atoms with Crippen molar-refractivity contribution in [1.82, 2.24) is 0 Å². The Bertz CT molecular complexity index is 546. The highest BCUT2D eigenvalue weighted by molar-refractivity contribution is 7.92. The highest BCUT2D eigenvalue weighted by atomic mass is 32.2. The minimum absolute atomic E-state index is 0.0695. The molecule has 0 fully saturated rings. The van der Waals surface area contributed by atoms with Crippen LogP contribution < -0.4 is 0 Å². The minimum atomic E-state index is -3.13. The van der Waals surface area contributed by atoms with Crippen molar-refractivity contribution in [1.29, 1.82) is 5.26 Å². The van der Waals surface area contributed by atoms with E-state index in [-0.39, 0.29) is 17.9 Å². The van der Waals surface area contributed by atoms with Crippen molar-refractivity contribution in [2.45, 2.75) is 11.7 Å². The van der Waals surface area contributed by atoms with Crippen LogP contribution in [0.3, 0.4) is 0 Å². The maximum Gasteiger partial charge on any atom is 0.148 e. The summed E-state index contributed by atoms with van der Waals surface area (Å²) in [5, 5.41) is 8.35. The zero-order valence-electron chi connectivity index (χ0n) is 10.1. The Balaban J connectivity index is 2.81. The van der Waals surface area contributed by atoms with Gasteiger partial charge in [0.05, 0.1) is 23.5 Å². The molecule has 0 amide bonds. The van der Waals surface area contributed by atoms with E-state index in [9.17, 15) is 12.6 Å². The molecule has 0 aliphatic heterocycles. The minimum Gasteiger partial charge on any atom is -0.259 e. The molecule has 0 N–H and O–H groups in total. The molecular weight excluding hydrogens is 270 g/mol. The van der Waals surface area contributed by atoms with Gasteiger partial charge in [-0.25, -0.2) is 8.42 Å². The van der Waals surface area contributed by atoms with Crippen LogP contribution in [0, 0.1) is 11.3 Å². The fourth-order valence-corrected chi connectivity index (χ4v) is 4.36. The van der Waals surface area contributed by atoms with Gasteiger partial charge in [-0.1, -0.05) is 30.3 Å². The normalized spacial score (nSPS) is 14.7. The second-order valence-electron chi connectivity index (χ2n) is 3.98. The molecule has 2 atom stereocenters. The lowest BCUT2D eigenvalue weighted by Crippen LogP contribution is -2.16. The molecule has 1 aromatic rings.